The highest BCUT2D eigenvalue weighted by Crippen LogP contribution is 2.33. The number of halogens is 1. The van der Waals surface area contributed by atoms with Crippen molar-refractivity contribution in [3.05, 3.63) is 71.8 Å². The average molecular weight is 361 g/mol. The summed E-state index contributed by atoms with van der Waals surface area (Å²) in [6.07, 6.45) is -0.347. The number of hydrogen-bond donors (Lipinski definition) is 2. The highest BCUT2D eigenvalue weighted by atomic mass is 35.5. The van der Waals surface area contributed by atoms with Gasteiger partial charge in [0.1, 0.15) is 6.04 Å². The van der Waals surface area contributed by atoms with Crippen molar-refractivity contribution in [2.24, 2.45) is 0 Å². The van der Waals surface area contributed by atoms with Gasteiger partial charge in [0.2, 0.25) is 5.91 Å². The zero-order chi connectivity index (χ0) is 17.6. The van der Waals surface area contributed by atoms with Crippen molar-refractivity contribution >= 4 is 17.7 Å². The number of nitrogens with one attached hydrogen (secondary N) is 2. The Labute approximate surface area is 152 Å². The number of benzene rings is 2. The fraction of sp³-hybridized carbons (Fsp3) is 0.316. The van der Waals surface area contributed by atoms with Gasteiger partial charge < -0.3 is 14.8 Å². The molecule has 3 rings (SSSR count). The summed E-state index contributed by atoms with van der Waals surface area (Å²) in [4.78, 5) is 15.0. The van der Waals surface area contributed by atoms with Crippen LogP contribution in [0.2, 0.25) is 0 Å². The Morgan fingerprint density at radius 3 is 2.28 bits per heavy atom. The first-order valence-electron chi connectivity index (χ1n) is 8.23. The summed E-state index contributed by atoms with van der Waals surface area (Å²) in [6, 6.07) is 18.6. The van der Waals surface area contributed by atoms with E-state index < -0.39 is 12.3 Å². The highest BCUT2D eigenvalue weighted by molar-refractivity contribution is 6.15. The Morgan fingerprint density at radius 1 is 1.08 bits per heavy atom. The second-order valence-corrected chi connectivity index (χ2v) is 6.25. The van der Waals surface area contributed by atoms with E-state index in [0.717, 1.165) is 11.1 Å². The van der Waals surface area contributed by atoms with Gasteiger partial charge in [0.15, 0.2) is 12.6 Å². The SMILES string of the molecule is C[C@H](NC(=O)[C@H](Cc1ccccc1)NCl)C1OC(c2ccccc2)O1. The van der Waals surface area contributed by atoms with Crippen LogP contribution in [0.4, 0.5) is 0 Å². The predicted molar refractivity (Wildman–Crippen MR) is 95.7 cm³/mol. The van der Waals surface area contributed by atoms with Crippen LogP contribution in [-0.4, -0.2) is 24.3 Å². The van der Waals surface area contributed by atoms with E-state index in [1.54, 1.807) is 0 Å². The fourth-order valence-electron chi connectivity index (χ4n) is 2.68. The molecule has 1 fully saturated rings. The number of carbonyl (C=O) groups excluding carboxylic acids is 1. The maximum Gasteiger partial charge on any atom is 0.239 e. The van der Waals surface area contributed by atoms with Gasteiger partial charge in [-0.15, -0.1) is 0 Å². The minimum atomic E-state index is -0.531. The van der Waals surface area contributed by atoms with Crippen LogP contribution in [0.3, 0.4) is 0 Å². The maximum absolute atomic E-state index is 12.4. The van der Waals surface area contributed by atoms with Crippen molar-refractivity contribution in [3.8, 4) is 0 Å². The first kappa shape index (κ1) is 17.9. The van der Waals surface area contributed by atoms with E-state index in [1.165, 1.54) is 0 Å². The topological polar surface area (TPSA) is 59.6 Å². The predicted octanol–water partition coefficient (Wildman–Crippen LogP) is 2.92. The van der Waals surface area contributed by atoms with Gasteiger partial charge in [0, 0.05) is 5.56 Å². The Hall–Kier alpha value is -1.92. The first-order chi connectivity index (χ1) is 12.2. The molecule has 6 heteroatoms. The van der Waals surface area contributed by atoms with E-state index in [4.69, 9.17) is 21.3 Å². The smallest absolute Gasteiger partial charge is 0.239 e. The third kappa shape index (κ3) is 4.58. The van der Waals surface area contributed by atoms with Gasteiger partial charge in [-0.1, -0.05) is 60.7 Å². The normalized spacial score (nSPS) is 21.8. The van der Waals surface area contributed by atoms with Crippen LogP contribution in [-0.2, 0) is 20.7 Å². The van der Waals surface area contributed by atoms with Gasteiger partial charge in [-0.2, -0.15) is 0 Å². The molecule has 0 saturated carbocycles. The Bertz CT molecular complexity index is 678. The number of ether oxygens (including phenoxy) is 2. The van der Waals surface area contributed by atoms with E-state index in [-0.39, 0.29) is 18.2 Å². The molecule has 1 heterocycles. The highest BCUT2D eigenvalue weighted by Gasteiger charge is 2.37. The third-order valence-corrected chi connectivity index (χ3v) is 4.36. The average Bonchev–Trinajstić information content (AvgIpc) is 2.60. The zero-order valence-electron chi connectivity index (χ0n) is 13.9. The minimum absolute atomic E-state index is 0.193. The second kappa shape index (κ2) is 8.45. The monoisotopic (exact) mass is 360 g/mol. The van der Waals surface area contributed by atoms with E-state index in [2.05, 4.69) is 10.2 Å². The Kier molecular flexibility index (Phi) is 6.04. The summed E-state index contributed by atoms with van der Waals surface area (Å²) in [5.41, 5.74) is 1.99. The lowest BCUT2D eigenvalue weighted by Crippen LogP contribution is -2.54. The van der Waals surface area contributed by atoms with Crippen molar-refractivity contribution < 1.29 is 14.3 Å². The molecule has 0 bridgehead atoms. The minimum Gasteiger partial charge on any atom is -0.347 e. The van der Waals surface area contributed by atoms with Gasteiger partial charge >= 0.3 is 0 Å². The molecule has 0 spiro atoms. The number of hydrogen-bond acceptors (Lipinski definition) is 4. The summed E-state index contributed by atoms with van der Waals surface area (Å²) in [6.45, 7) is 1.84. The van der Waals surface area contributed by atoms with E-state index in [0.29, 0.717) is 6.42 Å². The third-order valence-electron chi connectivity index (χ3n) is 4.10. The molecule has 1 amide bonds. The molecule has 2 N–H and O–H groups in total. The van der Waals surface area contributed by atoms with Gasteiger partial charge in [-0.05, 0) is 30.7 Å². The zero-order valence-corrected chi connectivity index (χ0v) is 14.6. The summed E-state index contributed by atoms with van der Waals surface area (Å²) >= 11 is 5.75. The molecule has 0 aromatic heterocycles. The molecule has 0 unspecified atom stereocenters. The van der Waals surface area contributed by atoms with E-state index in [1.807, 2.05) is 67.6 Å². The second-order valence-electron chi connectivity index (χ2n) is 6.03. The summed E-state index contributed by atoms with van der Waals surface area (Å²) < 4.78 is 11.5. The van der Waals surface area contributed by atoms with E-state index >= 15 is 0 Å². The summed E-state index contributed by atoms with van der Waals surface area (Å²) in [5.74, 6) is -0.193. The maximum atomic E-state index is 12.4. The largest absolute Gasteiger partial charge is 0.347 e. The molecule has 1 saturated heterocycles. The van der Waals surface area contributed by atoms with Crippen molar-refractivity contribution in [1.82, 2.24) is 10.2 Å². The van der Waals surface area contributed by atoms with Crippen molar-refractivity contribution in [3.63, 3.8) is 0 Å². The summed E-state index contributed by atoms with van der Waals surface area (Å²) in [5, 5.41) is 2.89. The summed E-state index contributed by atoms with van der Waals surface area (Å²) in [7, 11) is 0. The van der Waals surface area contributed by atoms with E-state index in [9.17, 15) is 4.79 Å². The van der Waals surface area contributed by atoms with Crippen LogP contribution in [0.15, 0.2) is 60.7 Å². The van der Waals surface area contributed by atoms with Gasteiger partial charge in [-0.3, -0.25) is 4.79 Å². The Morgan fingerprint density at radius 2 is 1.68 bits per heavy atom. The number of carbonyl (C=O) groups is 1. The van der Waals surface area contributed by atoms with Crippen LogP contribution in [0.25, 0.3) is 0 Å². The molecule has 0 aliphatic carbocycles. The molecule has 2 atom stereocenters. The molecule has 0 radical (unpaired) electrons. The molecular formula is C19H21ClN2O3. The van der Waals surface area contributed by atoms with Gasteiger partial charge in [-0.25, -0.2) is 4.84 Å². The lowest BCUT2D eigenvalue weighted by atomic mass is 10.1. The van der Waals surface area contributed by atoms with Gasteiger partial charge in [0.25, 0.3) is 0 Å². The molecule has 5 nitrogen and oxygen atoms in total. The van der Waals surface area contributed by atoms with Crippen LogP contribution in [0.1, 0.15) is 24.3 Å². The van der Waals surface area contributed by atoms with Crippen LogP contribution < -0.4 is 10.2 Å². The quantitative estimate of drug-likeness (QED) is 0.745. The molecule has 25 heavy (non-hydrogen) atoms. The molecule has 1 aliphatic rings. The molecular weight excluding hydrogens is 340 g/mol. The van der Waals surface area contributed by atoms with Crippen LogP contribution in [0, 0.1) is 0 Å². The lowest BCUT2D eigenvalue weighted by Gasteiger charge is -2.40. The lowest BCUT2D eigenvalue weighted by molar-refractivity contribution is -0.396. The number of amides is 1. The molecule has 1 aliphatic heterocycles. The Balaban J connectivity index is 1.49. The van der Waals surface area contributed by atoms with Crippen molar-refractivity contribution in [2.45, 2.75) is 38.0 Å². The molecule has 2 aromatic rings. The van der Waals surface area contributed by atoms with Gasteiger partial charge in [0.05, 0.1) is 6.04 Å². The van der Waals surface area contributed by atoms with Crippen molar-refractivity contribution in [1.29, 1.82) is 0 Å². The van der Waals surface area contributed by atoms with Crippen LogP contribution in [0.5, 0.6) is 0 Å². The molecule has 132 valence electrons. The van der Waals surface area contributed by atoms with Crippen molar-refractivity contribution in [2.75, 3.05) is 0 Å². The first-order valence-corrected chi connectivity index (χ1v) is 8.61. The fourth-order valence-corrected chi connectivity index (χ4v) is 2.86. The number of rotatable bonds is 7. The van der Waals surface area contributed by atoms with Crippen LogP contribution >= 0.6 is 11.8 Å². The molecule has 2 aromatic carbocycles. The standard InChI is InChI=1S/C19H21ClN2O3/c1-13(18-24-19(25-18)15-10-6-3-7-11-15)21-17(23)16(22-20)12-14-8-4-2-5-9-14/h2-11,13,16,18-19,22H,12H2,1H3,(H,21,23)/t13-,16-,18?,19?/m0/s1.